The highest BCUT2D eigenvalue weighted by molar-refractivity contribution is 7.99. The number of fused-ring (bicyclic) bond motifs is 1. The van der Waals surface area contributed by atoms with E-state index in [1.807, 2.05) is 18.2 Å². The fourth-order valence-corrected chi connectivity index (χ4v) is 4.90. The van der Waals surface area contributed by atoms with Gasteiger partial charge in [-0.25, -0.2) is 9.67 Å². The molecule has 3 aromatic rings. The molecule has 9 heteroatoms. The molecule has 4 rings (SSSR count). The largest absolute Gasteiger partial charge is 0.382 e. The van der Waals surface area contributed by atoms with Crippen molar-refractivity contribution in [3.05, 3.63) is 46.4 Å². The summed E-state index contributed by atoms with van der Waals surface area (Å²) in [6.07, 6.45) is 4.67. The van der Waals surface area contributed by atoms with E-state index in [2.05, 4.69) is 10.00 Å². The lowest BCUT2D eigenvalue weighted by Gasteiger charge is -2.26. The van der Waals surface area contributed by atoms with Crippen molar-refractivity contribution in [1.29, 1.82) is 0 Å². The number of carbonyl (C=O) groups excluding carboxylic acids is 1. The molecule has 1 aliphatic heterocycles. The highest BCUT2D eigenvalue weighted by Gasteiger charge is 2.16. The van der Waals surface area contributed by atoms with Crippen molar-refractivity contribution in [2.75, 3.05) is 31.1 Å². The molecule has 2 N–H and O–H groups in total. The molecule has 31 heavy (non-hydrogen) atoms. The van der Waals surface area contributed by atoms with Crippen LogP contribution >= 0.6 is 11.8 Å². The molecule has 1 aliphatic rings. The minimum Gasteiger partial charge on any atom is -0.382 e. The Morgan fingerprint density at radius 3 is 2.68 bits per heavy atom. The van der Waals surface area contributed by atoms with Crippen LogP contribution in [0.3, 0.4) is 0 Å². The molecular weight excluding hydrogens is 412 g/mol. The quantitative estimate of drug-likeness (QED) is 0.445. The summed E-state index contributed by atoms with van der Waals surface area (Å²) in [5, 5.41) is 5.22. The zero-order chi connectivity index (χ0) is 21.8. The number of nitrogen functional groups attached to an aromatic ring is 1. The van der Waals surface area contributed by atoms with Gasteiger partial charge in [-0.1, -0.05) is 30.3 Å². The molecule has 0 spiro atoms. The van der Waals surface area contributed by atoms with E-state index in [-0.39, 0.29) is 17.2 Å². The maximum Gasteiger partial charge on any atom is 0.262 e. The van der Waals surface area contributed by atoms with Crippen LogP contribution in [0.25, 0.3) is 10.9 Å². The van der Waals surface area contributed by atoms with Gasteiger partial charge in [-0.2, -0.15) is 0 Å². The maximum atomic E-state index is 13.2. The summed E-state index contributed by atoms with van der Waals surface area (Å²) in [6, 6.07) is 9.02. The highest BCUT2D eigenvalue weighted by Crippen LogP contribution is 2.19. The number of aromatic nitrogens is 4. The van der Waals surface area contributed by atoms with Gasteiger partial charge >= 0.3 is 0 Å². The molecule has 8 nitrogen and oxygen atoms in total. The van der Waals surface area contributed by atoms with Crippen LogP contribution < -0.4 is 11.3 Å². The Kier molecular flexibility index (Phi) is 6.72. The zero-order valence-corrected chi connectivity index (χ0v) is 18.6. The number of nitrogens with zero attached hydrogens (tertiary/aromatic N) is 5. The molecule has 0 atom stereocenters. The summed E-state index contributed by atoms with van der Waals surface area (Å²) in [5.74, 6) is 0.245. The van der Waals surface area contributed by atoms with Crippen molar-refractivity contribution >= 4 is 34.4 Å². The third kappa shape index (κ3) is 4.99. The normalized spacial score (nSPS) is 14.9. The number of aryl methyl sites for hydroxylation is 1. The monoisotopic (exact) mass is 440 g/mol. The SMILES string of the molecule is Cc1cc(N)nn1C(=O)CSc1nc2ccccc2c(=O)n1CCCN1CCCCC1. The predicted molar refractivity (Wildman–Crippen MR) is 124 cm³/mol. The van der Waals surface area contributed by atoms with Crippen LogP contribution in [0.1, 0.15) is 36.2 Å². The molecule has 164 valence electrons. The molecule has 0 unspecified atom stereocenters. The lowest BCUT2D eigenvalue weighted by molar-refractivity contribution is 0.0924. The summed E-state index contributed by atoms with van der Waals surface area (Å²) >= 11 is 1.27. The molecule has 0 amide bonds. The van der Waals surface area contributed by atoms with Crippen molar-refractivity contribution < 1.29 is 4.79 Å². The predicted octanol–water partition coefficient (Wildman–Crippen LogP) is 2.79. The van der Waals surface area contributed by atoms with E-state index in [0.29, 0.717) is 34.1 Å². The van der Waals surface area contributed by atoms with Crippen LogP contribution in [0.5, 0.6) is 0 Å². The summed E-state index contributed by atoms with van der Waals surface area (Å²) < 4.78 is 3.02. The van der Waals surface area contributed by atoms with Gasteiger partial charge in [-0.15, -0.1) is 5.10 Å². The van der Waals surface area contributed by atoms with E-state index in [1.54, 1.807) is 23.6 Å². The van der Waals surface area contributed by atoms with Crippen LogP contribution in [-0.4, -0.2) is 55.5 Å². The van der Waals surface area contributed by atoms with Gasteiger partial charge in [0.1, 0.15) is 5.82 Å². The number of rotatable bonds is 7. The number of benzene rings is 1. The molecule has 3 heterocycles. The van der Waals surface area contributed by atoms with Crippen LogP contribution in [0.15, 0.2) is 40.3 Å². The molecule has 1 aromatic carbocycles. The van der Waals surface area contributed by atoms with E-state index in [4.69, 9.17) is 10.7 Å². The molecular formula is C22H28N6O2S. The number of para-hydroxylation sites is 1. The first-order valence-corrected chi connectivity index (χ1v) is 11.7. The molecule has 0 radical (unpaired) electrons. The smallest absolute Gasteiger partial charge is 0.262 e. The first-order valence-electron chi connectivity index (χ1n) is 10.7. The second-order valence-corrected chi connectivity index (χ2v) is 8.87. The number of anilines is 1. The summed E-state index contributed by atoms with van der Waals surface area (Å²) in [7, 11) is 0. The summed E-state index contributed by atoms with van der Waals surface area (Å²) in [4.78, 5) is 33.0. The molecule has 1 fully saturated rings. The third-order valence-corrected chi connectivity index (χ3v) is 6.56. The van der Waals surface area contributed by atoms with Gasteiger partial charge in [-0.3, -0.25) is 14.2 Å². The number of nitrogens with two attached hydrogens (primary N) is 1. The van der Waals surface area contributed by atoms with E-state index in [1.165, 1.54) is 35.7 Å². The van der Waals surface area contributed by atoms with Crippen molar-refractivity contribution in [2.24, 2.45) is 0 Å². The maximum absolute atomic E-state index is 13.2. The Balaban J connectivity index is 1.53. The lowest BCUT2D eigenvalue weighted by Crippen LogP contribution is -2.32. The summed E-state index contributed by atoms with van der Waals surface area (Å²) in [6.45, 7) is 5.60. The van der Waals surface area contributed by atoms with Gasteiger partial charge in [0.2, 0.25) is 0 Å². The molecule has 2 aromatic heterocycles. The van der Waals surface area contributed by atoms with Gasteiger partial charge in [0.25, 0.3) is 11.5 Å². The van der Waals surface area contributed by atoms with Crippen molar-refractivity contribution in [1.82, 2.24) is 24.2 Å². The first-order chi connectivity index (χ1) is 15.0. The Bertz CT molecular complexity index is 1130. The number of piperidine rings is 1. The number of hydrogen-bond acceptors (Lipinski definition) is 7. The number of hydrogen-bond donors (Lipinski definition) is 1. The second kappa shape index (κ2) is 9.65. The van der Waals surface area contributed by atoms with Gasteiger partial charge < -0.3 is 10.6 Å². The average Bonchev–Trinajstić information content (AvgIpc) is 3.12. The number of thioether (sulfide) groups is 1. The van der Waals surface area contributed by atoms with Crippen LogP contribution in [-0.2, 0) is 6.54 Å². The summed E-state index contributed by atoms with van der Waals surface area (Å²) in [5.41, 5.74) is 6.97. The first kappa shape index (κ1) is 21.6. The standard InChI is InChI=1S/C22H28N6O2S/c1-16-14-19(23)25-28(16)20(29)15-31-22-24-18-9-4-3-8-17(18)21(30)27(22)13-7-12-26-10-5-2-6-11-26/h3-4,8-9,14H,2,5-7,10-13,15H2,1H3,(H2,23,25). The van der Waals surface area contributed by atoms with Gasteiger partial charge in [-0.05, 0) is 58.0 Å². The molecule has 0 saturated carbocycles. The van der Waals surface area contributed by atoms with Crippen LogP contribution in [0.2, 0.25) is 0 Å². The minimum atomic E-state index is -0.193. The zero-order valence-electron chi connectivity index (χ0n) is 17.8. The van der Waals surface area contributed by atoms with Crippen molar-refractivity contribution in [3.8, 4) is 0 Å². The van der Waals surface area contributed by atoms with Crippen molar-refractivity contribution in [3.63, 3.8) is 0 Å². The number of likely N-dealkylation sites (tertiary alicyclic amines) is 1. The van der Waals surface area contributed by atoms with E-state index >= 15 is 0 Å². The Labute approximate surface area is 185 Å². The fourth-order valence-electron chi connectivity index (χ4n) is 4.03. The third-order valence-electron chi connectivity index (χ3n) is 5.60. The second-order valence-electron chi connectivity index (χ2n) is 7.93. The molecule has 1 saturated heterocycles. The van der Waals surface area contributed by atoms with Crippen LogP contribution in [0, 0.1) is 6.92 Å². The van der Waals surface area contributed by atoms with E-state index < -0.39 is 0 Å². The fraction of sp³-hybridized carbons (Fsp3) is 0.455. The molecule has 0 aliphatic carbocycles. The molecule has 0 bridgehead atoms. The van der Waals surface area contributed by atoms with Gasteiger partial charge in [0.15, 0.2) is 5.16 Å². The van der Waals surface area contributed by atoms with Crippen molar-refractivity contribution in [2.45, 2.75) is 44.3 Å². The van der Waals surface area contributed by atoms with Gasteiger partial charge in [0.05, 0.1) is 16.7 Å². The Hall–Kier alpha value is -2.65. The minimum absolute atomic E-state index is 0.0568. The Morgan fingerprint density at radius 1 is 1.16 bits per heavy atom. The highest BCUT2D eigenvalue weighted by atomic mass is 32.2. The van der Waals surface area contributed by atoms with Crippen LogP contribution in [0.4, 0.5) is 5.82 Å². The van der Waals surface area contributed by atoms with E-state index in [9.17, 15) is 9.59 Å². The average molecular weight is 441 g/mol. The number of carbonyl (C=O) groups is 1. The van der Waals surface area contributed by atoms with E-state index in [0.717, 1.165) is 26.1 Å². The Morgan fingerprint density at radius 2 is 1.94 bits per heavy atom. The topological polar surface area (TPSA) is 99.0 Å². The van der Waals surface area contributed by atoms with Gasteiger partial charge in [0, 0.05) is 18.3 Å². The lowest BCUT2D eigenvalue weighted by atomic mass is 10.1.